The molecule has 0 unspecified atom stereocenters. The van der Waals surface area contributed by atoms with Gasteiger partial charge >= 0.3 is 5.97 Å². The highest BCUT2D eigenvalue weighted by molar-refractivity contribution is 7.89. The van der Waals surface area contributed by atoms with E-state index in [2.05, 4.69) is 0 Å². The van der Waals surface area contributed by atoms with Gasteiger partial charge in [0.15, 0.2) is 0 Å². The quantitative estimate of drug-likeness (QED) is 0.769. The fourth-order valence-electron chi connectivity index (χ4n) is 2.92. The Labute approximate surface area is 139 Å². The van der Waals surface area contributed by atoms with Crippen LogP contribution in [0, 0.1) is 11.7 Å². The molecular weight excluding hydrogens is 339 g/mol. The van der Waals surface area contributed by atoms with Crippen molar-refractivity contribution in [2.24, 2.45) is 11.1 Å². The van der Waals surface area contributed by atoms with Gasteiger partial charge in [-0.15, -0.1) is 0 Å². The molecule has 7 nitrogen and oxygen atoms in total. The summed E-state index contributed by atoms with van der Waals surface area (Å²) in [6.45, 7) is 0.180. The topological polar surface area (TPSA) is 118 Å². The Balaban J connectivity index is 2.06. The number of rotatable bonds is 6. The highest BCUT2D eigenvalue weighted by atomic mass is 32.2. The van der Waals surface area contributed by atoms with Crippen molar-refractivity contribution in [1.29, 1.82) is 0 Å². The van der Waals surface area contributed by atoms with Crippen molar-refractivity contribution < 1.29 is 27.5 Å². The number of carbonyl (C=O) groups excluding carboxylic acids is 1. The summed E-state index contributed by atoms with van der Waals surface area (Å²) in [4.78, 5) is 25.0. The van der Waals surface area contributed by atoms with E-state index in [1.165, 1.54) is 23.1 Å². The van der Waals surface area contributed by atoms with E-state index in [9.17, 15) is 27.5 Å². The second-order valence-corrected chi connectivity index (χ2v) is 7.61. The number of aliphatic carboxylic acids is 1. The largest absolute Gasteiger partial charge is 0.481 e. The smallest absolute Gasteiger partial charge is 0.308 e. The van der Waals surface area contributed by atoms with Crippen molar-refractivity contribution in [3.05, 3.63) is 35.6 Å². The molecule has 1 aromatic rings. The van der Waals surface area contributed by atoms with E-state index < -0.39 is 33.6 Å². The van der Waals surface area contributed by atoms with Crippen molar-refractivity contribution in [2.75, 3.05) is 18.8 Å². The van der Waals surface area contributed by atoms with Gasteiger partial charge < -0.3 is 10.0 Å². The summed E-state index contributed by atoms with van der Waals surface area (Å²) in [7, 11) is -3.63. The van der Waals surface area contributed by atoms with Crippen LogP contribution < -0.4 is 5.14 Å². The van der Waals surface area contributed by atoms with E-state index in [4.69, 9.17) is 5.14 Å². The summed E-state index contributed by atoms with van der Waals surface area (Å²) in [5, 5.41) is 14.3. The average Bonchev–Trinajstić information content (AvgIpc) is 2.91. The fourth-order valence-corrected chi connectivity index (χ4v) is 3.46. The number of carbonyl (C=O) groups is 2. The van der Waals surface area contributed by atoms with E-state index in [1.54, 1.807) is 6.07 Å². The normalized spacial score (nSPS) is 21.0. The predicted molar refractivity (Wildman–Crippen MR) is 84.1 cm³/mol. The maximum Gasteiger partial charge on any atom is 0.308 e. The molecule has 24 heavy (non-hydrogen) atoms. The number of amides is 1. The minimum Gasteiger partial charge on any atom is -0.481 e. The minimum absolute atomic E-state index is 0.0186. The number of nitrogens with zero attached hydrogens (tertiary/aromatic N) is 1. The minimum atomic E-state index is -3.63. The Morgan fingerprint density at radius 3 is 2.62 bits per heavy atom. The molecule has 0 spiro atoms. The molecule has 1 aromatic carbocycles. The number of hydrogen-bond acceptors (Lipinski definition) is 4. The molecule has 0 saturated carbocycles. The van der Waals surface area contributed by atoms with Crippen molar-refractivity contribution in [2.45, 2.75) is 18.8 Å². The molecule has 0 bridgehead atoms. The molecule has 1 saturated heterocycles. The first-order chi connectivity index (χ1) is 11.2. The lowest BCUT2D eigenvalue weighted by atomic mass is 9.89. The first-order valence-electron chi connectivity index (χ1n) is 7.44. The van der Waals surface area contributed by atoms with E-state index in [1.807, 2.05) is 0 Å². The molecule has 132 valence electrons. The molecular formula is C15H19FN2O5S. The van der Waals surface area contributed by atoms with E-state index in [0.29, 0.717) is 5.56 Å². The van der Waals surface area contributed by atoms with Crippen LogP contribution in [0.2, 0.25) is 0 Å². The lowest BCUT2D eigenvalue weighted by Crippen LogP contribution is -2.30. The molecule has 0 radical (unpaired) electrons. The Morgan fingerprint density at radius 1 is 1.33 bits per heavy atom. The third-order valence-corrected chi connectivity index (χ3v) is 4.94. The lowest BCUT2D eigenvalue weighted by molar-refractivity contribution is -0.141. The van der Waals surface area contributed by atoms with Gasteiger partial charge in [-0.05, 0) is 24.1 Å². The highest BCUT2D eigenvalue weighted by Crippen LogP contribution is 2.33. The number of primary sulfonamides is 1. The SMILES string of the molecule is NS(=O)(=O)CCCC(=O)N1C[C@@H](C(=O)O)[C@H](c2cccc(F)c2)C1. The lowest BCUT2D eigenvalue weighted by Gasteiger charge is -2.16. The molecule has 1 aliphatic heterocycles. The fraction of sp³-hybridized carbons (Fsp3) is 0.467. The summed E-state index contributed by atoms with van der Waals surface area (Å²) in [5.41, 5.74) is 0.530. The van der Waals surface area contributed by atoms with Gasteiger partial charge in [-0.3, -0.25) is 9.59 Å². The zero-order chi connectivity index (χ0) is 17.9. The summed E-state index contributed by atoms with van der Waals surface area (Å²) >= 11 is 0. The number of sulfonamides is 1. The van der Waals surface area contributed by atoms with Crippen LogP contribution in [-0.2, 0) is 19.6 Å². The Morgan fingerprint density at radius 2 is 2.04 bits per heavy atom. The highest BCUT2D eigenvalue weighted by Gasteiger charge is 2.40. The third kappa shape index (κ3) is 4.75. The monoisotopic (exact) mass is 358 g/mol. The van der Waals surface area contributed by atoms with Crippen LogP contribution in [-0.4, -0.2) is 49.1 Å². The summed E-state index contributed by atoms with van der Waals surface area (Å²) < 4.78 is 35.2. The van der Waals surface area contributed by atoms with E-state index in [0.717, 1.165) is 0 Å². The number of benzene rings is 1. The number of hydrogen-bond donors (Lipinski definition) is 2. The number of halogens is 1. The van der Waals surface area contributed by atoms with Gasteiger partial charge in [-0.25, -0.2) is 17.9 Å². The van der Waals surface area contributed by atoms with Crippen LogP contribution >= 0.6 is 0 Å². The van der Waals surface area contributed by atoms with Gasteiger partial charge in [0.05, 0.1) is 11.7 Å². The standard InChI is InChI=1S/C15H19FN2O5S/c16-11-4-1-3-10(7-11)12-8-18(9-13(12)15(20)21)14(19)5-2-6-24(17,22)23/h1,3-4,7,12-13H,2,5-6,8-9H2,(H,20,21)(H2,17,22,23)/t12-,13+/m0/s1. The summed E-state index contributed by atoms with van der Waals surface area (Å²) in [6.07, 6.45) is 0.0508. The van der Waals surface area contributed by atoms with Crippen LogP contribution in [0.5, 0.6) is 0 Å². The molecule has 1 amide bonds. The summed E-state index contributed by atoms with van der Waals surface area (Å²) in [5.74, 6) is -3.47. The number of carboxylic acid groups (broad SMARTS) is 1. The maximum absolute atomic E-state index is 13.4. The van der Waals surface area contributed by atoms with Gasteiger partial charge in [0.1, 0.15) is 5.82 Å². The molecule has 9 heteroatoms. The molecule has 3 N–H and O–H groups in total. The van der Waals surface area contributed by atoms with Crippen molar-refractivity contribution in [3.8, 4) is 0 Å². The van der Waals surface area contributed by atoms with Crippen LogP contribution in [0.1, 0.15) is 24.3 Å². The second-order valence-electron chi connectivity index (χ2n) is 5.88. The Kier molecular flexibility index (Phi) is 5.55. The van der Waals surface area contributed by atoms with Gasteiger partial charge in [-0.1, -0.05) is 12.1 Å². The second kappa shape index (κ2) is 7.27. The Hall–Kier alpha value is -2.00. The van der Waals surface area contributed by atoms with Gasteiger partial charge in [0.25, 0.3) is 0 Å². The van der Waals surface area contributed by atoms with Crippen LogP contribution in [0.25, 0.3) is 0 Å². The zero-order valence-electron chi connectivity index (χ0n) is 12.9. The maximum atomic E-state index is 13.4. The van der Waals surface area contributed by atoms with Gasteiger partial charge in [0, 0.05) is 25.4 Å². The number of carboxylic acids is 1. The van der Waals surface area contributed by atoms with E-state index >= 15 is 0 Å². The first kappa shape index (κ1) is 18.3. The third-order valence-electron chi connectivity index (χ3n) is 4.09. The molecule has 1 aliphatic rings. The van der Waals surface area contributed by atoms with Crippen molar-refractivity contribution in [1.82, 2.24) is 4.90 Å². The van der Waals surface area contributed by atoms with Crippen molar-refractivity contribution >= 4 is 21.9 Å². The van der Waals surface area contributed by atoms with Gasteiger partial charge in [0.2, 0.25) is 15.9 Å². The molecule has 2 atom stereocenters. The van der Waals surface area contributed by atoms with Crippen LogP contribution in [0.3, 0.4) is 0 Å². The van der Waals surface area contributed by atoms with Crippen LogP contribution in [0.15, 0.2) is 24.3 Å². The Bertz CT molecular complexity index is 737. The van der Waals surface area contributed by atoms with Crippen molar-refractivity contribution in [3.63, 3.8) is 0 Å². The average molecular weight is 358 g/mol. The number of nitrogens with two attached hydrogens (primary N) is 1. The first-order valence-corrected chi connectivity index (χ1v) is 9.15. The predicted octanol–water partition coefficient (Wildman–Crippen LogP) is 0.521. The van der Waals surface area contributed by atoms with Crippen LogP contribution in [0.4, 0.5) is 4.39 Å². The molecule has 0 aliphatic carbocycles. The molecule has 1 heterocycles. The number of likely N-dealkylation sites (tertiary alicyclic amines) is 1. The zero-order valence-corrected chi connectivity index (χ0v) is 13.7. The molecule has 2 rings (SSSR count). The van der Waals surface area contributed by atoms with E-state index in [-0.39, 0.29) is 37.6 Å². The summed E-state index contributed by atoms with van der Waals surface area (Å²) in [6, 6.07) is 5.68. The molecule has 0 aromatic heterocycles. The molecule has 1 fully saturated rings. The van der Waals surface area contributed by atoms with Gasteiger partial charge in [-0.2, -0.15) is 0 Å².